The molecule has 0 bridgehead atoms. The maximum absolute atomic E-state index is 13.5. The Morgan fingerprint density at radius 2 is 1.53 bits per heavy atom. The Labute approximate surface area is 190 Å². The van der Waals surface area contributed by atoms with Crippen molar-refractivity contribution < 1.29 is 4.79 Å². The van der Waals surface area contributed by atoms with Gasteiger partial charge in [-0.1, -0.05) is 78.4 Å². The molecule has 0 radical (unpaired) electrons. The van der Waals surface area contributed by atoms with Crippen LogP contribution in [0.1, 0.15) is 21.5 Å². The topological polar surface area (TPSA) is 54.9 Å². The van der Waals surface area contributed by atoms with Gasteiger partial charge in [0.15, 0.2) is 5.13 Å². The van der Waals surface area contributed by atoms with Crippen LogP contribution in [0.3, 0.4) is 0 Å². The zero-order valence-electron chi connectivity index (χ0n) is 17.8. The standard InChI is InChI=1S/C27H21N3OS/c1-17-12-14-19(15-13-17)23-16-32-27(29-23)30-26(31)24-18(2)25(20-8-4-3-5-9-20)28-22-11-7-6-10-21(22)24/h3-16H,1-2H3,(H,29,30,31). The molecule has 0 spiro atoms. The molecule has 5 heteroatoms. The van der Waals surface area contributed by atoms with Gasteiger partial charge in [0.25, 0.3) is 5.91 Å². The van der Waals surface area contributed by atoms with E-state index in [2.05, 4.69) is 29.4 Å². The first kappa shape index (κ1) is 20.1. The normalized spacial score (nSPS) is 10.9. The molecule has 0 unspecified atom stereocenters. The number of nitrogens with zero attached hydrogens (tertiary/aromatic N) is 2. The fraction of sp³-hybridized carbons (Fsp3) is 0.0741. The third-order valence-electron chi connectivity index (χ3n) is 5.48. The summed E-state index contributed by atoms with van der Waals surface area (Å²) in [5.74, 6) is -0.178. The highest BCUT2D eigenvalue weighted by molar-refractivity contribution is 7.14. The lowest BCUT2D eigenvalue weighted by atomic mass is 9.97. The first-order valence-corrected chi connectivity index (χ1v) is 11.3. The van der Waals surface area contributed by atoms with Crippen molar-refractivity contribution in [2.24, 2.45) is 0 Å². The molecule has 2 aromatic heterocycles. The molecule has 0 aliphatic heterocycles. The minimum Gasteiger partial charge on any atom is -0.298 e. The Morgan fingerprint density at radius 1 is 0.812 bits per heavy atom. The lowest BCUT2D eigenvalue weighted by molar-refractivity contribution is 0.102. The van der Waals surface area contributed by atoms with E-state index in [4.69, 9.17) is 4.98 Å². The van der Waals surface area contributed by atoms with Crippen LogP contribution in [0.25, 0.3) is 33.4 Å². The number of aryl methyl sites for hydroxylation is 1. The Kier molecular flexibility index (Phi) is 5.25. The van der Waals surface area contributed by atoms with Gasteiger partial charge in [-0.2, -0.15) is 0 Å². The molecule has 2 heterocycles. The molecule has 0 saturated heterocycles. The summed E-state index contributed by atoms with van der Waals surface area (Å²) in [7, 11) is 0. The predicted molar refractivity (Wildman–Crippen MR) is 132 cm³/mol. The Morgan fingerprint density at radius 3 is 2.31 bits per heavy atom. The monoisotopic (exact) mass is 435 g/mol. The van der Waals surface area contributed by atoms with Crippen molar-refractivity contribution in [2.75, 3.05) is 5.32 Å². The van der Waals surface area contributed by atoms with Gasteiger partial charge in [-0.25, -0.2) is 9.97 Å². The van der Waals surface area contributed by atoms with Crippen LogP contribution in [-0.2, 0) is 0 Å². The summed E-state index contributed by atoms with van der Waals surface area (Å²) in [4.78, 5) is 22.9. The molecule has 0 saturated carbocycles. The molecule has 3 aromatic carbocycles. The number of carbonyl (C=O) groups is 1. The van der Waals surface area contributed by atoms with Gasteiger partial charge < -0.3 is 0 Å². The Bertz CT molecular complexity index is 1420. The summed E-state index contributed by atoms with van der Waals surface area (Å²) in [6, 6.07) is 25.9. The SMILES string of the molecule is Cc1ccc(-c2csc(NC(=O)c3c(C)c(-c4ccccc4)nc4ccccc34)n2)cc1. The Balaban J connectivity index is 1.54. The second-order valence-corrected chi connectivity index (χ2v) is 8.56. The third-order valence-corrected chi connectivity index (χ3v) is 6.24. The molecular formula is C27H21N3OS. The molecule has 4 nitrogen and oxygen atoms in total. The van der Waals surface area contributed by atoms with E-state index in [0.717, 1.165) is 39.0 Å². The molecule has 5 aromatic rings. The van der Waals surface area contributed by atoms with Crippen LogP contribution in [0.2, 0.25) is 0 Å². The van der Waals surface area contributed by atoms with Crippen LogP contribution in [0, 0.1) is 13.8 Å². The molecule has 32 heavy (non-hydrogen) atoms. The second kappa shape index (κ2) is 8.36. The van der Waals surface area contributed by atoms with Crippen molar-refractivity contribution in [3.05, 3.63) is 101 Å². The highest BCUT2D eigenvalue weighted by Gasteiger charge is 2.20. The summed E-state index contributed by atoms with van der Waals surface area (Å²) < 4.78 is 0. The fourth-order valence-electron chi connectivity index (χ4n) is 3.82. The van der Waals surface area contributed by atoms with Crippen LogP contribution < -0.4 is 5.32 Å². The number of fused-ring (bicyclic) bond motifs is 1. The summed E-state index contributed by atoms with van der Waals surface area (Å²) >= 11 is 1.42. The Hall–Kier alpha value is -3.83. The number of amides is 1. The predicted octanol–water partition coefficient (Wildman–Crippen LogP) is 6.89. The number of para-hydroxylation sites is 1. The molecule has 5 rings (SSSR count). The zero-order valence-corrected chi connectivity index (χ0v) is 18.6. The van der Waals surface area contributed by atoms with E-state index >= 15 is 0 Å². The van der Waals surface area contributed by atoms with E-state index in [1.807, 2.05) is 79.0 Å². The first-order chi connectivity index (χ1) is 15.6. The smallest absolute Gasteiger partial charge is 0.258 e. The molecule has 0 fully saturated rings. The number of rotatable bonds is 4. The van der Waals surface area contributed by atoms with Gasteiger partial charge in [-0.3, -0.25) is 10.1 Å². The van der Waals surface area contributed by atoms with Crippen molar-refractivity contribution >= 4 is 33.3 Å². The number of hydrogen-bond acceptors (Lipinski definition) is 4. The van der Waals surface area contributed by atoms with Gasteiger partial charge in [-0.05, 0) is 25.5 Å². The van der Waals surface area contributed by atoms with Crippen LogP contribution in [0.4, 0.5) is 5.13 Å². The number of carbonyl (C=O) groups excluding carboxylic acids is 1. The quantitative estimate of drug-likeness (QED) is 0.334. The number of anilines is 1. The van der Waals surface area contributed by atoms with Crippen LogP contribution >= 0.6 is 11.3 Å². The lowest BCUT2D eigenvalue weighted by Crippen LogP contribution is -2.15. The number of benzene rings is 3. The van der Waals surface area contributed by atoms with Crippen molar-refractivity contribution in [1.29, 1.82) is 0 Å². The number of nitrogens with one attached hydrogen (secondary N) is 1. The van der Waals surface area contributed by atoms with Crippen molar-refractivity contribution in [2.45, 2.75) is 13.8 Å². The van der Waals surface area contributed by atoms with Crippen LogP contribution in [-0.4, -0.2) is 15.9 Å². The minimum absolute atomic E-state index is 0.178. The van der Waals surface area contributed by atoms with Gasteiger partial charge in [-0.15, -0.1) is 11.3 Å². The van der Waals surface area contributed by atoms with E-state index in [9.17, 15) is 4.79 Å². The van der Waals surface area contributed by atoms with Crippen LogP contribution in [0.15, 0.2) is 84.2 Å². The summed E-state index contributed by atoms with van der Waals surface area (Å²) in [5, 5.41) is 6.38. The molecule has 0 atom stereocenters. The molecular weight excluding hydrogens is 414 g/mol. The fourth-order valence-corrected chi connectivity index (χ4v) is 4.54. The third kappa shape index (κ3) is 3.79. The number of thiazole rings is 1. The van der Waals surface area contributed by atoms with Crippen molar-refractivity contribution in [3.8, 4) is 22.5 Å². The lowest BCUT2D eigenvalue weighted by Gasteiger charge is -2.14. The average molecular weight is 436 g/mol. The first-order valence-electron chi connectivity index (χ1n) is 10.4. The maximum Gasteiger partial charge on any atom is 0.258 e. The number of aromatic nitrogens is 2. The number of pyridine rings is 1. The van der Waals surface area contributed by atoms with E-state index in [0.29, 0.717) is 10.7 Å². The van der Waals surface area contributed by atoms with Gasteiger partial charge >= 0.3 is 0 Å². The van der Waals surface area contributed by atoms with E-state index < -0.39 is 0 Å². The van der Waals surface area contributed by atoms with Gasteiger partial charge in [0.1, 0.15) is 0 Å². The largest absolute Gasteiger partial charge is 0.298 e. The second-order valence-electron chi connectivity index (χ2n) is 7.70. The molecule has 1 amide bonds. The zero-order chi connectivity index (χ0) is 22.1. The van der Waals surface area contributed by atoms with E-state index in [-0.39, 0.29) is 5.91 Å². The van der Waals surface area contributed by atoms with Gasteiger partial charge in [0, 0.05) is 21.9 Å². The van der Waals surface area contributed by atoms with Gasteiger partial charge in [0.05, 0.1) is 22.5 Å². The summed E-state index contributed by atoms with van der Waals surface area (Å²) in [6.45, 7) is 4.01. The van der Waals surface area contributed by atoms with Crippen molar-refractivity contribution in [3.63, 3.8) is 0 Å². The van der Waals surface area contributed by atoms with Crippen LogP contribution in [0.5, 0.6) is 0 Å². The average Bonchev–Trinajstić information content (AvgIpc) is 3.28. The molecule has 156 valence electrons. The number of hydrogen-bond donors (Lipinski definition) is 1. The molecule has 0 aliphatic rings. The molecule has 0 aliphatic carbocycles. The summed E-state index contributed by atoms with van der Waals surface area (Å²) in [6.07, 6.45) is 0. The summed E-state index contributed by atoms with van der Waals surface area (Å²) in [5.41, 5.74) is 7.16. The van der Waals surface area contributed by atoms with E-state index in [1.54, 1.807) is 0 Å². The maximum atomic E-state index is 13.5. The molecule has 1 N–H and O–H groups in total. The van der Waals surface area contributed by atoms with Gasteiger partial charge in [0.2, 0.25) is 0 Å². The highest BCUT2D eigenvalue weighted by Crippen LogP contribution is 2.31. The minimum atomic E-state index is -0.178. The van der Waals surface area contributed by atoms with Crippen molar-refractivity contribution in [1.82, 2.24) is 9.97 Å². The van der Waals surface area contributed by atoms with E-state index in [1.165, 1.54) is 16.9 Å². The highest BCUT2D eigenvalue weighted by atomic mass is 32.1.